The van der Waals surface area contributed by atoms with E-state index in [1.54, 1.807) is 12.1 Å². The molecule has 0 spiro atoms. The average Bonchev–Trinajstić information content (AvgIpc) is 3.47. The molecule has 0 N–H and O–H groups in total. The number of furan rings is 1. The van der Waals surface area contributed by atoms with Crippen molar-refractivity contribution in [1.82, 2.24) is 9.97 Å². The van der Waals surface area contributed by atoms with E-state index in [-0.39, 0.29) is 25.5 Å². The molecule has 1 radical (unpaired) electrons. The zero-order chi connectivity index (χ0) is 34.1. The third-order valence-corrected chi connectivity index (χ3v) is 10.3. The Morgan fingerprint density at radius 2 is 1.54 bits per heavy atom. The van der Waals surface area contributed by atoms with Crippen molar-refractivity contribution in [3.05, 3.63) is 150 Å². The first-order valence-electron chi connectivity index (χ1n) is 16.7. The molecule has 3 heterocycles. The molecule has 0 unspecified atom stereocenters. The fourth-order valence-electron chi connectivity index (χ4n) is 5.44. The number of pyridine rings is 2. The van der Waals surface area contributed by atoms with Crippen LogP contribution in [-0.2, 0) is 25.5 Å². The molecule has 0 bridgehead atoms. The third-order valence-electron chi connectivity index (χ3n) is 8.29. The van der Waals surface area contributed by atoms with E-state index in [1.807, 2.05) is 42.7 Å². The Bertz CT molecular complexity index is 2120. The van der Waals surface area contributed by atoms with Gasteiger partial charge in [0, 0.05) is 47.4 Å². The molecule has 0 atom stereocenters. The van der Waals surface area contributed by atoms with Gasteiger partial charge in [-0.1, -0.05) is 118 Å². The minimum Gasteiger partial charge on any atom is -0.501 e. The number of nitrogens with zero attached hydrogens (tertiary/aromatic N) is 2. The van der Waals surface area contributed by atoms with Gasteiger partial charge in [-0.3, -0.25) is 0 Å². The van der Waals surface area contributed by atoms with Gasteiger partial charge in [0.25, 0.3) is 0 Å². The average molecular weight is 798 g/mol. The number of hydrogen-bond donors (Lipinski definition) is 0. The van der Waals surface area contributed by atoms with Crippen molar-refractivity contribution in [2.24, 2.45) is 0 Å². The topological polar surface area (TPSA) is 38.9 Å². The van der Waals surface area contributed by atoms with Crippen LogP contribution < -0.4 is 5.19 Å². The summed E-state index contributed by atoms with van der Waals surface area (Å²) in [5.74, 6) is 0. The van der Waals surface area contributed by atoms with Gasteiger partial charge in [-0.2, -0.15) is 0 Å². The van der Waals surface area contributed by atoms with Gasteiger partial charge in [-0.15, -0.1) is 53.6 Å². The van der Waals surface area contributed by atoms with E-state index in [2.05, 4.69) is 116 Å². The molecule has 0 amide bonds. The summed E-state index contributed by atoms with van der Waals surface area (Å²) < 4.78 is 28.2. The molecule has 0 aliphatic carbocycles. The summed E-state index contributed by atoms with van der Waals surface area (Å²) in [6.07, 6.45) is 3.80. The number of hydrogen-bond acceptors (Lipinski definition) is 3. The molecule has 5 heteroatoms. The van der Waals surface area contributed by atoms with Crippen molar-refractivity contribution in [2.45, 2.75) is 45.8 Å². The van der Waals surface area contributed by atoms with Gasteiger partial charge in [0.1, 0.15) is 5.58 Å². The molecule has 7 aromatic rings. The molecule has 0 saturated carbocycles. The molecule has 3 aromatic heterocycles. The molecule has 0 saturated heterocycles. The van der Waals surface area contributed by atoms with Crippen molar-refractivity contribution in [3.63, 3.8) is 0 Å². The van der Waals surface area contributed by atoms with E-state index >= 15 is 0 Å². The summed E-state index contributed by atoms with van der Waals surface area (Å²) in [6, 6.07) is 42.3. The van der Waals surface area contributed by atoms with Gasteiger partial charge in [0.05, 0.1) is 13.7 Å². The normalized spacial score (nSPS) is 12.8. The Balaban J connectivity index is 0.000000199. The fraction of sp³-hybridized carbons (Fsp3) is 0.171. The summed E-state index contributed by atoms with van der Waals surface area (Å²) in [5, 5.41) is 3.52. The molecule has 0 aliphatic rings. The van der Waals surface area contributed by atoms with Gasteiger partial charge in [-0.25, -0.2) is 0 Å². The van der Waals surface area contributed by atoms with Crippen LogP contribution in [0.1, 0.15) is 34.7 Å². The number of para-hydroxylation sites is 1. The molecule has 46 heavy (non-hydrogen) atoms. The van der Waals surface area contributed by atoms with Crippen LogP contribution in [0.3, 0.4) is 0 Å². The van der Waals surface area contributed by atoms with Crippen LogP contribution in [0.5, 0.6) is 0 Å². The van der Waals surface area contributed by atoms with Crippen molar-refractivity contribution >= 4 is 35.2 Å². The molecule has 0 aliphatic heterocycles. The molecular weight excluding hydrogens is 757 g/mol. The van der Waals surface area contributed by atoms with Crippen LogP contribution in [0.4, 0.5) is 0 Å². The Kier molecular flexibility index (Phi) is 8.70. The second kappa shape index (κ2) is 13.7. The zero-order valence-corrected chi connectivity index (χ0v) is 30.1. The van der Waals surface area contributed by atoms with Crippen molar-refractivity contribution < 1.29 is 28.6 Å². The fourth-order valence-corrected chi connectivity index (χ4v) is 6.47. The Labute approximate surface area is 291 Å². The van der Waals surface area contributed by atoms with Crippen molar-refractivity contribution in [1.29, 1.82) is 0 Å². The second-order valence-electron chi connectivity index (χ2n) is 12.8. The summed E-state index contributed by atoms with van der Waals surface area (Å²) >= 11 is 0. The van der Waals surface area contributed by atoms with Crippen LogP contribution >= 0.6 is 0 Å². The quantitative estimate of drug-likeness (QED) is 0.129. The molecule has 0 fully saturated rings. The summed E-state index contributed by atoms with van der Waals surface area (Å²) in [4.78, 5) is 9.12. The third kappa shape index (κ3) is 6.98. The van der Waals surface area contributed by atoms with E-state index in [1.165, 1.54) is 22.4 Å². The standard InChI is InChI=1S/C26H20NO.C15H18NSi.Ir/c1-26(2,18-9-4-3-5-10-18)19-15-16-27-23(17-19)22-13-8-12-21-20-11-6-7-14-24(20)28-25(21)22;1-12-5-7-13(8-6-12)15-10-9-14(11-16-15)17(2,3)4;/h3-12,14-17H,1-2H3;5-7,9-11H,1-4H3;/q2*-1;/i;1D3;. The Hall–Kier alpha value is -4.15. The first-order valence-corrected chi connectivity index (χ1v) is 18.7. The number of fused-ring (bicyclic) bond motifs is 3. The van der Waals surface area contributed by atoms with Gasteiger partial charge < -0.3 is 14.4 Å². The maximum atomic E-state index is 7.35. The Morgan fingerprint density at radius 3 is 2.24 bits per heavy atom. The molecule has 7 rings (SSSR count). The van der Waals surface area contributed by atoms with Crippen LogP contribution in [0.25, 0.3) is 44.5 Å². The van der Waals surface area contributed by atoms with E-state index < -0.39 is 14.9 Å². The smallest absolute Gasteiger partial charge is 0.120 e. The predicted octanol–water partition coefficient (Wildman–Crippen LogP) is 10.2. The van der Waals surface area contributed by atoms with E-state index in [0.29, 0.717) is 5.56 Å². The maximum Gasteiger partial charge on any atom is 0.120 e. The zero-order valence-electron chi connectivity index (χ0n) is 29.7. The predicted molar refractivity (Wildman–Crippen MR) is 191 cm³/mol. The first-order chi connectivity index (χ1) is 22.8. The number of benzene rings is 4. The number of aromatic nitrogens is 2. The summed E-state index contributed by atoms with van der Waals surface area (Å²) in [7, 11) is -1.34. The van der Waals surface area contributed by atoms with Gasteiger partial charge >= 0.3 is 0 Å². The molecule has 4 aromatic carbocycles. The van der Waals surface area contributed by atoms with Gasteiger partial charge in [0.15, 0.2) is 0 Å². The largest absolute Gasteiger partial charge is 0.501 e. The van der Waals surface area contributed by atoms with Crippen molar-refractivity contribution in [2.75, 3.05) is 0 Å². The minimum absolute atomic E-state index is 0. The Morgan fingerprint density at radius 1 is 0.761 bits per heavy atom. The number of rotatable bonds is 5. The van der Waals surface area contributed by atoms with E-state index in [9.17, 15) is 0 Å². The minimum atomic E-state index is -2.08. The van der Waals surface area contributed by atoms with Crippen LogP contribution in [0, 0.1) is 19.0 Å². The van der Waals surface area contributed by atoms with Crippen LogP contribution in [0.15, 0.2) is 126 Å². The molecular formula is C41H38IrN2OSi-2. The molecule has 3 nitrogen and oxygen atoms in total. The number of aryl methyl sites for hydroxylation is 1. The maximum absolute atomic E-state index is 7.35. The van der Waals surface area contributed by atoms with E-state index in [0.717, 1.165) is 44.5 Å². The van der Waals surface area contributed by atoms with E-state index in [4.69, 9.17) is 8.53 Å². The van der Waals surface area contributed by atoms with Gasteiger partial charge in [0.2, 0.25) is 0 Å². The van der Waals surface area contributed by atoms with Crippen molar-refractivity contribution in [3.8, 4) is 22.5 Å². The van der Waals surface area contributed by atoms with Crippen LogP contribution in [-0.4, -0.2) is 18.0 Å². The van der Waals surface area contributed by atoms with Crippen LogP contribution in [0.2, 0.25) is 19.6 Å². The van der Waals surface area contributed by atoms with Gasteiger partial charge in [-0.05, 0) is 39.8 Å². The first kappa shape index (κ1) is 29.3. The second-order valence-corrected chi connectivity index (χ2v) is 17.9. The SMILES string of the molecule is CC(C)(c1ccccc1)c1ccnc(-c2[c-]ccc3c2oc2ccccc23)c1.[2H]C([2H])([2H])c1c[c-]c(-c2ccc([Si](C)(C)C)cn2)cc1.[Ir]. The molecule has 233 valence electrons. The summed E-state index contributed by atoms with van der Waals surface area (Å²) in [6.45, 7) is 9.24. The summed E-state index contributed by atoms with van der Waals surface area (Å²) in [5.41, 5.74) is 7.82. The monoisotopic (exact) mass is 798 g/mol.